The van der Waals surface area contributed by atoms with Gasteiger partial charge in [0.25, 0.3) is 0 Å². The third kappa shape index (κ3) is 3.28. The molecule has 1 heterocycles. The maximum absolute atomic E-state index is 10.9. The van der Waals surface area contributed by atoms with Gasteiger partial charge >= 0.3 is 5.97 Å². The normalized spacial score (nSPS) is 9.12. The van der Waals surface area contributed by atoms with Gasteiger partial charge in [0.1, 0.15) is 5.56 Å². The predicted molar refractivity (Wildman–Crippen MR) is 62.5 cm³/mol. The quantitative estimate of drug-likeness (QED) is 0.598. The molecule has 0 aliphatic heterocycles. The van der Waals surface area contributed by atoms with Gasteiger partial charge in [-0.15, -0.1) is 11.8 Å². The largest absolute Gasteiger partial charge is 0.478 e. The van der Waals surface area contributed by atoms with E-state index in [2.05, 4.69) is 22.1 Å². The summed E-state index contributed by atoms with van der Waals surface area (Å²) in [6.45, 7) is 4.23. The number of hydrogen-bond acceptors (Lipinski definition) is 3. The van der Waals surface area contributed by atoms with Gasteiger partial charge in [0.2, 0.25) is 0 Å². The van der Waals surface area contributed by atoms with Crippen molar-refractivity contribution in [1.29, 1.82) is 0 Å². The Morgan fingerprint density at radius 3 is 3.00 bits per heavy atom. The van der Waals surface area contributed by atoms with Gasteiger partial charge in [-0.25, -0.2) is 4.79 Å². The van der Waals surface area contributed by atoms with Crippen molar-refractivity contribution >= 4 is 11.7 Å². The first-order valence-corrected chi connectivity index (χ1v) is 4.98. The molecule has 0 radical (unpaired) electrons. The number of aromatic nitrogens is 1. The predicted octanol–water partition coefficient (Wildman–Crippen LogP) is 1.91. The van der Waals surface area contributed by atoms with Gasteiger partial charge < -0.3 is 10.4 Å². The summed E-state index contributed by atoms with van der Waals surface area (Å²) in [5.41, 5.74) is 1.57. The van der Waals surface area contributed by atoms with Crippen molar-refractivity contribution in [2.45, 2.75) is 20.3 Å². The SMILES string of the molecule is CC#CCCNc1cc(C)ncc1C(=O)O. The highest BCUT2D eigenvalue weighted by Crippen LogP contribution is 2.15. The van der Waals surface area contributed by atoms with Gasteiger partial charge in [0.05, 0.1) is 5.69 Å². The lowest BCUT2D eigenvalue weighted by molar-refractivity contribution is 0.0697. The molecule has 0 atom stereocenters. The minimum atomic E-state index is -0.975. The molecule has 0 aromatic carbocycles. The summed E-state index contributed by atoms with van der Waals surface area (Å²) in [6, 6.07) is 1.73. The van der Waals surface area contributed by atoms with Crippen molar-refractivity contribution in [3.05, 3.63) is 23.5 Å². The van der Waals surface area contributed by atoms with Crippen LogP contribution in [-0.4, -0.2) is 22.6 Å². The minimum Gasteiger partial charge on any atom is -0.478 e. The van der Waals surface area contributed by atoms with Gasteiger partial charge in [0, 0.05) is 24.9 Å². The first-order valence-electron chi connectivity index (χ1n) is 4.98. The molecular formula is C12H14N2O2. The van der Waals surface area contributed by atoms with E-state index < -0.39 is 5.97 Å². The van der Waals surface area contributed by atoms with E-state index in [-0.39, 0.29) is 5.56 Å². The number of hydrogen-bond donors (Lipinski definition) is 2. The molecule has 0 saturated carbocycles. The maximum Gasteiger partial charge on any atom is 0.339 e. The Balaban J connectivity index is 2.78. The first kappa shape index (κ1) is 12.1. The molecule has 0 fully saturated rings. The lowest BCUT2D eigenvalue weighted by atomic mass is 10.2. The second kappa shape index (κ2) is 5.76. The Kier molecular flexibility index (Phi) is 4.34. The summed E-state index contributed by atoms with van der Waals surface area (Å²) in [7, 11) is 0. The molecule has 0 bridgehead atoms. The Morgan fingerprint density at radius 2 is 2.38 bits per heavy atom. The highest BCUT2D eigenvalue weighted by molar-refractivity contribution is 5.93. The smallest absolute Gasteiger partial charge is 0.339 e. The molecule has 1 aromatic rings. The fourth-order valence-corrected chi connectivity index (χ4v) is 1.26. The Morgan fingerprint density at radius 1 is 1.62 bits per heavy atom. The number of anilines is 1. The zero-order valence-corrected chi connectivity index (χ0v) is 9.37. The molecule has 4 nitrogen and oxygen atoms in total. The van der Waals surface area contributed by atoms with E-state index in [1.54, 1.807) is 13.0 Å². The van der Waals surface area contributed by atoms with Crippen molar-refractivity contribution in [2.75, 3.05) is 11.9 Å². The van der Waals surface area contributed by atoms with Crippen molar-refractivity contribution in [2.24, 2.45) is 0 Å². The fourth-order valence-electron chi connectivity index (χ4n) is 1.26. The van der Waals surface area contributed by atoms with Crippen LogP contribution in [0, 0.1) is 18.8 Å². The van der Waals surface area contributed by atoms with Gasteiger partial charge in [-0.2, -0.15) is 0 Å². The van der Waals surface area contributed by atoms with Crippen molar-refractivity contribution in [3.8, 4) is 11.8 Å². The van der Waals surface area contributed by atoms with Crippen LogP contribution in [0.3, 0.4) is 0 Å². The van der Waals surface area contributed by atoms with Crippen LogP contribution in [0.4, 0.5) is 5.69 Å². The zero-order chi connectivity index (χ0) is 12.0. The van der Waals surface area contributed by atoms with Crippen LogP contribution in [0.1, 0.15) is 29.4 Å². The van der Waals surface area contributed by atoms with Crippen molar-refractivity contribution < 1.29 is 9.90 Å². The van der Waals surface area contributed by atoms with Crippen molar-refractivity contribution in [1.82, 2.24) is 4.98 Å². The molecule has 4 heteroatoms. The lowest BCUT2D eigenvalue weighted by Gasteiger charge is -2.08. The Labute approximate surface area is 94.7 Å². The number of aromatic carboxylic acids is 1. The highest BCUT2D eigenvalue weighted by atomic mass is 16.4. The maximum atomic E-state index is 10.9. The summed E-state index contributed by atoms with van der Waals surface area (Å²) in [4.78, 5) is 14.9. The standard InChI is InChI=1S/C12H14N2O2/c1-3-4-5-6-13-11-7-9(2)14-8-10(11)12(15)16/h7-8H,5-6H2,1-2H3,(H,13,14)(H,15,16). The average molecular weight is 218 g/mol. The molecule has 0 amide bonds. The van der Waals surface area contributed by atoms with Crippen LogP contribution >= 0.6 is 0 Å². The summed E-state index contributed by atoms with van der Waals surface area (Å²) < 4.78 is 0. The van der Waals surface area contributed by atoms with E-state index in [1.807, 2.05) is 6.92 Å². The third-order valence-electron chi connectivity index (χ3n) is 2.01. The highest BCUT2D eigenvalue weighted by Gasteiger charge is 2.09. The number of aryl methyl sites for hydroxylation is 1. The van der Waals surface area contributed by atoms with E-state index >= 15 is 0 Å². The number of carboxylic acids is 1. The van der Waals surface area contributed by atoms with E-state index in [4.69, 9.17) is 5.11 Å². The molecule has 84 valence electrons. The third-order valence-corrected chi connectivity index (χ3v) is 2.01. The van der Waals surface area contributed by atoms with E-state index in [1.165, 1.54) is 6.20 Å². The number of pyridine rings is 1. The molecule has 0 saturated heterocycles. The molecular weight excluding hydrogens is 204 g/mol. The number of carboxylic acid groups (broad SMARTS) is 1. The summed E-state index contributed by atoms with van der Waals surface area (Å²) in [6.07, 6.45) is 2.06. The molecule has 0 aliphatic rings. The van der Waals surface area contributed by atoms with E-state index in [9.17, 15) is 4.79 Å². The monoisotopic (exact) mass is 218 g/mol. The second-order valence-electron chi connectivity index (χ2n) is 3.28. The van der Waals surface area contributed by atoms with Crippen LogP contribution in [-0.2, 0) is 0 Å². The van der Waals surface area contributed by atoms with Gasteiger partial charge in [-0.1, -0.05) is 0 Å². The molecule has 1 aromatic heterocycles. The van der Waals surface area contributed by atoms with Crippen LogP contribution in [0.15, 0.2) is 12.3 Å². The molecule has 1 rings (SSSR count). The molecule has 2 N–H and O–H groups in total. The van der Waals surface area contributed by atoms with Gasteiger partial charge in [-0.05, 0) is 19.9 Å². The molecule has 16 heavy (non-hydrogen) atoms. The minimum absolute atomic E-state index is 0.190. The van der Waals surface area contributed by atoms with Gasteiger partial charge in [0.15, 0.2) is 0 Å². The second-order valence-corrected chi connectivity index (χ2v) is 3.28. The van der Waals surface area contributed by atoms with Crippen LogP contribution in [0.25, 0.3) is 0 Å². The van der Waals surface area contributed by atoms with E-state index in [0.717, 1.165) is 5.69 Å². The van der Waals surface area contributed by atoms with Gasteiger partial charge in [-0.3, -0.25) is 4.98 Å². The number of nitrogens with zero attached hydrogens (tertiary/aromatic N) is 1. The molecule has 0 aliphatic carbocycles. The fraction of sp³-hybridized carbons (Fsp3) is 0.333. The van der Waals surface area contributed by atoms with Crippen LogP contribution in [0.2, 0.25) is 0 Å². The zero-order valence-electron chi connectivity index (χ0n) is 9.37. The molecule has 0 spiro atoms. The average Bonchev–Trinajstić information content (AvgIpc) is 2.24. The summed E-state index contributed by atoms with van der Waals surface area (Å²) in [5, 5.41) is 12.0. The summed E-state index contributed by atoms with van der Waals surface area (Å²) in [5.74, 6) is 4.71. The van der Waals surface area contributed by atoms with Crippen LogP contribution < -0.4 is 5.32 Å². The van der Waals surface area contributed by atoms with Crippen molar-refractivity contribution in [3.63, 3.8) is 0 Å². The number of rotatable bonds is 4. The first-order chi connectivity index (χ1) is 7.65. The molecule has 0 unspecified atom stereocenters. The topological polar surface area (TPSA) is 62.2 Å². The summed E-state index contributed by atoms with van der Waals surface area (Å²) >= 11 is 0. The van der Waals surface area contributed by atoms with Crippen LogP contribution in [0.5, 0.6) is 0 Å². The number of nitrogens with one attached hydrogen (secondary N) is 1. The lowest BCUT2D eigenvalue weighted by Crippen LogP contribution is -2.08. The van der Waals surface area contributed by atoms with E-state index in [0.29, 0.717) is 18.7 Å². The number of carbonyl (C=O) groups is 1. The Hall–Kier alpha value is -2.02. The Bertz CT molecular complexity index is 444.